The minimum atomic E-state index is -1.30. The zero-order chi connectivity index (χ0) is 27.3. The van der Waals surface area contributed by atoms with E-state index in [-0.39, 0.29) is 23.1 Å². The number of carbonyl (C=O) groups is 2. The van der Waals surface area contributed by atoms with Gasteiger partial charge in [-0.15, -0.1) is 0 Å². The van der Waals surface area contributed by atoms with Crippen LogP contribution in [0.3, 0.4) is 0 Å². The number of hydrogen-bond donors (Lipinski definition) is 0. The van der Waals surface area contributed by atoms with Crippen LogP contribution in [0.1, 0.15) is 20.7 Å². The van der Waals surface area contributed by atoms with Gasteiger partial charge in [-0.1, -0.05) is 36.4 Å². The first-order chi connectivity index (χ1) is 18.4. The fraction of sp³-hybridized carbons (Fsp3) is 0.133. The molecule has 6 nitrogen and oxygen atoms in total. The Kier molecular flexibility index (Phi) is 11.1. The SMILES string of the molecule is COc1ccc(C(=O)C[S@](=O)c2ccccc2)cc1.COc1ccc(C(=O)C[S@](=O)c2ccccc2)cc1. The van der Waals surface area contributed by atoms with Gasteiger partial charge in [-0.3, -0.25) is 18.0 Å². The molecule has 2 atom stereocenters. The molecule has 0 saturated carbocycles. The minimum absolute atomic E-state index is 0.00363. The Bertz CT molecular complexity index is 1260. The van der Waals surface area contributed by atoms with E-state index in [1.54, 1.807) is 87.0 Å². The normalized spacial score (nSPS) is 11.8. The third-order valence-corrected chi connectivity index (χ3v) is 8.01. The average Bonchev–Trinajstić information content (AvgIpc) is 2.98. The number of Topliss-reactive ketones (excluding diaryl/α,β-unsaturated/α-hetero) is 2. The molecular formula is C30H28O6S2. The van der Waals surface area contributed by atoms with Crippen LogP contribution < -0.4 is 9.47 Å². The maximum atomic E-state index is 12.0. The Morgan fingerprint density at radius 3 is 1.13 bits per heavy atom. The van der Waals surface area contributed by atoms with Gasteiger partial charge in [0.2, 0.25) is 0 Å². The van der Waals surface area contributed by atoms with Gasteiger partial charge in [0.15, 0.2) is 11.6 Å². The highest BCUT2D eigenvalue weighted by atomic mass is 32.2. The largest absolute Gasteiger partial charge is 0.497 e. The number of rotatable bonds is 10. The van der Waals surface area contributed by atoms with Crippen LogP contribution in [0.15, 0.2) is 119 Å². The highest BCUT2D eigenvalue weighted by molar-refractivity contribution is 7.86. The summed E-state index contributed by atoms with van der Waals surface area (Å²) in [7, 11) is 0.538. The summed E-state index contributed by atoms with van der Waals surface area (Å²) in [6.07, 6.45) is 0. The average molecular weight is 549 g/mol. The van der Waals surface area contributed by atoms with Crippen molar-refractivity contribution in [3.05, 3.63) is 120 Å². The maximum absolute atomic E-state index is 12.0. The second-order valence-electron chi connectivity index (χ2n) is 7.91. The molecule has 38 heavy (non-hydrogen) atoms. The van der Waals surface area contributed by atoms with E-state index in [1.165, 1.54) is 0 Å². The molecule has 8 heteroatoms. The molecule has 4 aromatic carbocycles. The molecule has 0 aliphatic carbocycles. The molecule has 0 fully saturated rings. The van der Waals surface area contributed by atoms with Crippen molar-refractivity contribution in [2.24, 2.45) is 0 Å². The summed E-state index contributed by atoms with van der Waals surface area (Å²) in [6.45, 7) is 0. The van der Waals surface area contributed by atoms with Gasteiger partial charge in [-0.2, -0.15) is 0 Å². The Balaban J connectivity index is 0.000000211. The Labute approximate surface area is 227 Å². The quantitative estimate of drug-likeness (QED) is 0.248. The second-order valence-corrected chi connectivity index (χ2v) is 10.8. The van der Waals surface area contributed by atoms with E-state index in [4.69, 9.17) is 9.47 Å². The van der Waals surface area contributed by atoms with Crippen LogP contribution in [-0.4, -0.2) is 45.7 Å². The molecule has 0 bridgehead atoms. The third kappa shape index (κ3) is 8.61. The molecule has 0 aliphatic rings. The summed E-state index contributed by atoms with van der Waals surface area (Å²) in [5.74, 6) is 1.11. The third-order valence-electron chi connectivity index (χ3n) is 5.36. The van der Waals surface area contributed by atoms with Gasteiger partial charge >= 0.3 is 0 Å². The molecule has 0 amide bonds. The number of ether oxygens (including phenoxy) is 2. The molecule has 0 unspecified atom stereocenters. The predicted molar refractivity (Wildman–Crippen MR) is 150 cm³/mol. The van der Waals surface area contributed by atoms with Gasteiger partial charge in [-0.05, 0) is 72.8 Å². The van der Waals surface area contributed by atoms with Crippen molar-refractivity contribution in [1.29, 1.82) is 0 Å². The summed E-state index contributed by atoms with van der Waals surface area (Å²) in [5.41, 5.74) is 1.09. The van der Waals surface area contributed by atoms with E-state index < -0.39 is 21.6 Å². The minimum Gasteiger partial charge on any atom is -0.497 e. The summed E-state index contributed by atoms with van der Waals surface area (Å²) in [5, 5.41) is 0. The lowest BCUT2D eigenvalue weighted by Crippen LogP contribution is -2.11. The highest BCUT2D eigenvalue weighted by Crippen LogP contribution is 2.15. The van der Waals surface area contributed by atoms with Gasteiger partial charge in [0.05, 0.1) is 47.3 Å². The Morgan fingerprint density at radius 1 is 0.526 bits per heavy atom. The van der Waals surface area contributed by atoms with Crippen molar-refractivity contribution in [3.8, 4) is 11.5 Å². The van der Waals surface area contributed by atoms with Crippen molar-refractivity contribution >= 4 is 33.2 Å². The van der Waals surface area contributed by atoms with Gasteiger partial charge in [0.1, 0.15) is 11.5 Å². The zero-order valence-electron chi connectivity index (χ0n) is 21.1. The molecule has 0 spiro atoms. The van der Waals surface area contributed by atoms with Crippen LogP contribution in [-0.2, 0) is 21.6 Å². The van der Waals surface area contributed by atoms with Gasteiger partial charge < -0.3 is 9.47 Å². The molecule has 4 aromatic rings. The van der Waals surface area contributed by atoms with E-state index in [2.05, 4.69) is 0 Å². The van der Waals surface area contributed by atoms with Crippen molar-refractivity contribution in [1.82, 2.24) is 0 Å². The molecule has 0 radical (unpaired) electrons. The van der Waals surface area contributed by atoms with Crippen LogP contribution >= 0.6 is 0 Å². The topological polar surface area (TPSA) is 86.7 Å². The van der Waals surface area contributed by atoms with E-state index in [0.717, 1.165) is 0 Å². The summed E-state index contributed by atoms with van der Waals surface area (Å²) >= 11 is 0. The second kappa shape index (κ2) is 14.8. The molecule has 0 saturated heterocycles. The maximum Gasteiger partial charge on any atom is 0.175 e. The van der Waals surface area contributed by atoms with E-state index in [1.807, 2.05) is 36.4 Å². The Morgan fingerprint density at radius 2 is 0.842 bits per heavy atom. The van der Waals surface area contributed by atoms with Crippen molar-refractivity contribution in [2.75, 3.05) is 25.7 Å². The van der Waals surface area contributed by atoms with Crippen LogP contribution in [0, 0.1) is 0 Å². The van der Waals surface area contributed by atoms with Crippen LogP contribution in [0.25, 0.3) is 0 Å². The van der Waals surface area contributed by atoms with Crippen molar-refractivity contribution in [3.63, 3.8) is 0 Å². The molecule has 196 valence electrons. The van der Waals surface area contributed by atoms with Gasteiger partial charge in [0.25, 0.3) is 0 Å². The number of benzene rings is 4. The first-order valence-corrected chi connectivity index (χ1v) is 14.3. The number of hydrogen-bond acceptors (Lipinski definition) is 6. The first-order valence-electron chi connectivity index (χ1n) is 11.6. The number of carbonyl (C=O) groups excluding carboxylic acids is 2. The fourth-order valence-corrected chi connectivity index (χ4v) is 5.33. The summed E-state index contributed by atoms with van der Waals surface area (Å²) < 4.78 is 34.1. The van der Waals surface area contributed by atoms with E-state index in [0.29, 0.717) is 32.4 Å². The molecular weight excluding hydrogens is 520 g/mol. The summed E-state index contributed by atoms with van der Waals surface area (Å²) in [4.78, 5) is 25.3. The zero-order valence-corrected chi connectivity index (χ0v) is 22.7. The van der Waals surface area contributed by atoms with Crippen molar-refractivity contribution < 1.29 is 27.5 Å². The lowest BCUT2D eigenvalue weighted by atomic mass is 10.1. The van der Waals surface area contributed by atoms with Gasteiger partial charge in [0, 0.05) is 20.9 Å². The summed E-state index contributed by atoms with van der Waals surface area (Å²) in [6, 6.07) is 31.6. The van der Waals surface area contributed by atoms with Crippen LogP contribution in [0.2, 0.25) is 0 Å². The predicted octanol–water partition coefficient (Wildman–Crippen LogP) is 5.37. The van der Waals surface area contributed by atoms with E-state index >= 15 is 0 Å². The fourth-order valence-electron chi connectivity index (χ4n) is 3.27. The molecule has 0 N–H and O–H groups in total. The highest BCUT2D eigenvalue weighted by Gasteiger charge is 2.13. The molecule has 0 heterocycles. The number of ketones is 2. The van der Waals surface area contributed by atoms with Gasteiger partial charge in [-0.25, -0.2) is 0 Å². The van der Waals surface area contributed by atoms with Crippen LogP contribution in [0.5, 0.6) is 11.5 Å². The molecule has 4 rings (SSSR count). The van der Waals surface area contributed by atoms with E-state index in [9.17, 15) is 18.0 Å². The number of methoxy groups -OCH3 is 2. The molecule has 0 aliphatic heterocycles. The van der Waals surface area contributed by atoms with Crippen LogP contribution in [0.4, 0.5) is 0 Å². The lowest BCUT2D eigenvalue weighted by Gasteiger charge is -2.03. The monoisotopic (exact) mass is 548 g/mol. The standard InChI is InChI=1S/2C15H14O3S/c2*1-18-13-9-7-12(8-10-13)15(16)11-19(17)14-5-3-2-4-6-14/h2*2-10H,11H2,1H3/t2*19-/m00/s1. The van der Waals surface area contributed by atoms with Crippen molar-refractivity contribution in [2.45, 2.75) is 9.79 Å². The Hall–Kier alpha value is -3.88. The first kappa shape index (κ1) is 28.7. The molecule has 0 aromatic heterocycles. The lowest BCUT2D eigenvalue weighted by molar-refractivity contribution is 0.101. The smallest absolute Gasteiger partial charge is 0.175 e.